The first-order valence-electron chi connectivity index (χ1n) is 9.73. The second-order valence-corrected chi connectivity index (χ2v) is 7.93. The summed E-state index contributed by atoms with van der Waals surface area (Å²) in [7, 11) is 0.500. The third-order valence-corrected chi connectivity index (χ3v) is 6.02. The van der Waals surface area contributed by atoms with E-state index in [1.54, 1.807) is 17.8 Å². The maximum atomic E-state index is 14.9. The maximum Gasteiger partial charge on any atom is 0.274 e. The molecule has 0 saturated carbocycles. The molecule has 1 aliphatic heterocycles. The number of carbonyl (C=O) groups is 1. The number of aromatic nitrogens is 1. The predicted molar refractivity (Wildman–Crippen MR) is 122 cm³/mol. The van der Waals surface area contributed by atoms with Crippen LogP contribution in [0.2, 0.25) is 0 Å². The molecule has 170 valence electrons. The molecule has 2 unspecified atom stereocenters. The van der Waals surface area contributed by atoms with Crippen molar-refractivity contribution in [3.8, 4) is 6.07 Å². The lowest BCUT2D eigenvalue weighted by molar-refractivity contribution is 0.00411. The molecule has 1 aromatic heterocycles. The summed E-state index contributed by atoms with van der Waals surface area (Å²) in [5.74, 6) is 0.251. The van der Waals surface area contributed by atoms with E-state index in [4.69, 9.17) is 15.7 Å². The van der Waals surface area contributed by atoms with E-state index >= 15 is 0 Å². The summed E-state index contributed by atoms with van der Waals surface area (Å²) in [5.41, 5.74) is 5.91. The topological polar surface area (TPSA) is 113 Å². The number of benzene rings is 1. The van der Waals surface area contributed by atoms with E-state index in [0.29, 0.717) is 48.6 Å². The van der Waals surface area contributed by atoms with E-state index < -0.39 is 17.3 Å². The van der Waals surface area contributed by atoms with Gasteiger partial charge in [0.05, 0.1) is 19.3 Å². The molecule has 2 atom stereocenters. The molecule has 1 saturated heterocycles. The second kappa shape index (κ2) is 12.2. The van der Waals surface area contributed by atoms with E-state index in [1.165, 1.54) is 30.5 Å². The average molecular weight is 462 g/mol. The van der Waals surface area contributed by atoms with Crippen LogP contribution < -0.4 is 11.1 Å². The first-order chi connectivity index (χ1) is 15.5. The predicted octanol–water partition coefficient (Wildman–Crippen LogP) is 3.51. The summed E-state index contributed by atoms with van der Waals surface area (Å²) < 4.78 is 30.0. The van der Waals surface area contributed by atoms with Gasteiger partial charge in [0, 0.05) is 41.6 Å². The van der Waals surface area contributed by atoms with Crippen LogP contribution in [-0.4, -0.2) is 49.6 Å². The number of amides is 1. The van der Waals surface area contributed by atoms with Crippen molar-refractivity contribution in [3.05, 3.63) is 59.2 Å². The van der Waals surface area contributed by atoms with Crippen molar-refractivity contribution in [2.45, 2.75) is 12.0 Å². The van der Waals surface area contributed by atoms with Crippen molar-refractivity contribution in [1.82, 2.24) is 4.98 Å². The molecule has 0 bridgehead atoms. The van der Waals surface area contributed by atoms with Gasteiger partial charge < -0.3 is 15.8 Å². The van der Waals surface area contributed by atoms with Gasteiger partial charge in [-0.2, -0.15) is 5.26 Å². The fraction of sp³-hybridized carbons (Fsp3) is 0.364. The highest BCUT2D eigenvalue weighted by molar-refractivity contribution is 7.99. The van der Waals surface area contributed by atoms with Crippen LogP contribution in [0.1, 0.15) is 28.0 Å². The van der Waals surface area contributed by atoms with Crippen LogP contribution in [0, 0.1) is 23.1 Å². The molecular weight excluding hydrogens is 436 g/mol. The summed E-state index contributed by atoms with van der Waals surface area (Å²) in [5, 5.41) is 11.6. The quantitative estimate of drug-likeness (QED) is 0.482. The zero-order valence-electron chi connectivity index (χ0n) is 17.7. The van der Waals surface area contributed by atoms with Crippen molar-refractivity contribution >= 4 is 30.1 Å². The van der Waals surface area contributed by atoms with Crippen molar-refractivity contribution in [2.75, 3.05) is 37.3 Å². The summed E-state index contributed by atoms with van der Waals surface area (Å²) in [6.45, 7) is 4.50. The van der Waals surface area contributed by atoms with E-state index in [-0.39, 0.29) is 18.2 Å². The molecule has 1 fully saturated rings. The molecule has 1 amide bonds. The number of hydrogen-bond acceptors (Lipinski definition) is 7. The lowest BCUT2D eigenvalue weighted by Crippen LogP contribution is -2.44. The largest absolute Gasteiger partial charge is 0.379 e. The summed E-state index contributed by atoms with van der Waals surface area (Å²) in [4.78, 5) is 20.8. The number of nitrogens with two attached hydrogens (primary N) is 1. The minimum atomic E-state index is -0.960. The van der Waals surface area contributed by atoms with Crippen molar-refractivity contribution in [2.24, 2.45) is 16.6 Å². The van der Waals surface area contributed by atoms with Gasteiger partial charge in [-0.1, -0.05) is 0 Å². The van der Waals surface area contributed by atoms with Gasteiger partial charge in [0.1, 0.15) is 23.1 Å². The number of pyridine rings is 1. The third kappa shape index (κ3) is 5.68. The SMILES string of the molecule is C=NC1(c2cc(NC(=O)c3ccc(C#N)cn3)ccc2F)COCCC1CSCN.CF. The van der Waals surface area contributed by atoms with Gasteiger partial charge in [0.25, 0.3) is 5.91 Å². The van der Waals surface area contributed by atoms with Gasteiger partial charge in [0.15, 0.2) is 0 Å². The molecule has 2 aromatic rings. The number of hydrogen-bond donors (Lipinski definition) is 2. The summed E-state index contributed by atoms with van der Waals surface area (Å²) in [6, 6.07) is 9.26. The number of halogens is 2. The first-order valence-corrected chi connectivity index (χ1v) is 10.9. The molecule has 1 aromatic carbocycles. The van der Waals surface area contributed by atoms with Crippen LogP contribution in [0.3, 0.4) is 0 Å². The van der Waals surface area contributed by atoms with Crippen molar-refractivity contribution in [3.63, 3.8) is 0 Å². The summed E-state index contributed by atoms with van der Waals surface area (Å²) >= 11 is 1.56. The molecule has 0 radical (unpaired) electrons. The standard InChI is InChI=1S/C21H22FN5O2S.CH3F/c1-25-21(12-29-7-6-15(21)11-30-13-24)17-8-16(3-4-18(17)22)27-20(28)19-5-2-14(9-23)10-26-19;1-2/h2-5,8,10,15H,1,6-7,11-13,24H2,(H,27,28);1H3. The zero-order chi connectivity index (χ0) is 23.6. The molecule has 3 rings (SSSR count). The highest BCUT2D eigenvalue weighted by atomic mass is 32.2. The Kier molecular flexibility index (Phi) is 9.71. The average Bonchev–Trinajstić information content (AvgIpc) is 2.85. The van der Waals surface area contributed by atoms with Gasteiger partial charge in [-0.25, -0.2) is 9.37 Å². The third-order valence-electron chi connectivity index (χ3n) is 5.14. The van der Waals surface area contributed by atoms with Gasteiger partial charge in [-0.3, -0.25) is 14.2 Å². The molecule has 3 N–H and O–H groups in total. The fourth-order valence-electron chi connectivity index (χ4n) is 3.52. The Morgan fingerprint density at radius 2 is 2.25 bits per heavy atom. The monoisotopic (exact) mass is 461 g/mol. The smallest absolute Gasteiger partial charge is 0.274 e. The number of nitrogens with one attached hydrogen (secondary N) is 1. The highest BCUT2D eigenvalue weighted by Crippen LogP contribution is 2.42. The molecule has 0 spiro atoms. The Morgan fingerprint density at radius 3 is 2.88 bits per heavy atom. The van der Waals surface area contributed by atoms with Gasteiger partial charge in [-0.15, -0.1) is 11.8 Å². The van der Waals surface area contributed by atoms with E-state index in [1.807, 2.05) is 6.07 Å². The second-order valence-electron chi connectivity index (χ2n) is 6.85. The number of nitriles is 1. The molecule has 1 aliphatic rings. The van der Waals surface area contributed by atoms with Crippen LogP contribution in [-0.2, 0) is 10.3 Å². The Balaban J connectivity index is 0.00000176. The number of ether oxygens (including phenoxy) is 1. The number of alkyl halides is 1. The number of aliphatic imine (C=N–C) groups is 1. The van der Waals surface area contributed by atoms with Crippen LogP contribution in [0.5, 0.6) is 0 Å². The van der Waals surface area contributed by atoms with Gasteiger partial charge in [-0.05, 0) is 43.5 Å². The molecule has 7 nitrogen and oxygen atoms in total. The number of anilines is 1. The van der Waals surface area contributed by atoms with E-state index in [0.717, 1.165) is 0 Å². The van der Waals surface area contributed by atoms with Crippen LogP contribution in [0.25, 0.3) is 0 Å². The molecule has 10 heteroatoms. The number of nitrogens with zero attached hydrogens (tertiary/aromatic N) is 3. The lowest BCUT2D eigenvalue weighted by Gasteiger charge is -2.41. The Hall–Kier alpha value is -2.87. The lowest BCUT2D eigenvalue weighted by atomic mass is 9.76. The van der Waals surface area contributed by atoms with Crippen LogP contribution in [0.15, 0.2) is 41.5 Å². The number of rotatable bonds is 7. The molecule has 32 heavy (non-hydrogen) atoms. The van der Waals surface area contributed by atoms with Crippen LogP contribution >= 0.6 is 11.8 Å². The Bertz CT molecular complexity index is 968. The zero-order valence-corrected chi connectivity index (χ0v) is 18.5. The minimum absolute atomic E-state index is 0.00190. The molecule has 0 aliphatic carbocycles. The van der Waals surface area contributed by atoms with Gasteiger partial charge in [0.2, 0.25) is 0 Å². The van der Waals surface area contributed by atoms with Gasteiger partial charge >= 0.3 is 0 Å². The molecular formula is C22H25F2N5O2S. The van der Waals surface area contributed by atoms with Crippen molar-refractivity contribution < 1.29 is 18.3 Å². The molecule has 2 heterocycles. The van der Waals surface area contributed by atoms with Crippen LogP contribution in [0.4, 0.5) is 14.5 Å². The number of thioether (sulfide) groups is 1. The Morgan fingerprint density at radius 1 is 1.47 bits per heavy atom. The first kappa shape index (κ1) is 25.4. The summed E-state index contributed by atoms with van der Waals surface area (Å²) in [6.07, 6.45) is 2.03. The maximum absolute atomic E-state index is 14.9. The Labute approximate surface area is 190 Å². The van der Waals surface area contributed by atoms with E-state index in [9.17, 15) is 13.6 Å². The van der Waals surface area contributed by atoms with E-state index in [2.05, 4.69) is 22.0 Å². The highest BCUT2D eigenvalue weighted by Gasteiger charge is 2.44. The van der Waals surface area contributed by atoms with Crippen molar-refractivity contribution in [1.29, 1.82) is 5.26 Å². The minimum Gasteiger partial charge on any atom is -0.379 e. The normalized spacial score (nSPS) is 19.8. The number of carbonyl (C=O) groups excluding carboxylic acids is 1. The fourth-order valence-corrected chi connectivity index (χ4v) is 4.39.